The highest BCUT2D eigenvalue weighted by Crippen LogP contribution is 2.25. The van der Waals surface area contributed by atoms with Crippen LogP contribution in [-0.2, 0) is 6.54 Å². The van der Waals surface area contributed by atoms with Crippen molar-refractivity contribution in [3.63, 3.8) is 0 Å². The van der Waals surface area contributed by atoms with E-state index >= 15 is 0 Å². The van der Waals surface area contributed by atoms with Gasteiger partial charge < -0.3 is 10.5 Å². The second-order valence-corrected chi connectivity index (χ2v) is 5.59. The van der Waals surface area contributed by atoms with Gasteiger partial charge in [-0.25, -0.2) is 0 Å². The number of benzene rings is 1. The summed E-state index contributed by atoms with van der Waals surface area (Å²) in [6, 6.07) is 5.74. The van der Waals surface area contributed by atoms with E-state index in [-0.39, 0.29) is 5.84 Å². The number of piperidine rings is 1. The van der Waals surface area contributed by atoms with Gasteiger partial charge in [-0.15, -0.1) is 0 Å². The SMILES string of the molecule is CCC1CCCN(Cc2cc(C(=N)N)ccc2OC)C1. The van der Waals surface area contributed by atoms with Crippen LogP contribution in [0.3, 0.4) is 0 Å². The van der Waals surface area contributed by atoms with Crippen LogP contribution in [0.2, 0.25) is 0 Å². The zero-order valence-corrected chi connectivity index (χ0v) is 12.5. The van der Waals surface area contributed by atoms with Crippen molar-refractivity contribution in [2.45, 2.75) is 32.7 Å². The Kier molecular flexibility index (Phi) is 5.01. The Balaban J connectivity index is 2.14. The quantitative estimate of drug-likeness (QED) is 0.641. The fourth-order valence-corrected chi connectivity index (χ4v) is 2.94. The third-order valence-corrected chi connectivity index (χ3v) is 4.17. The number of hydrogen-bond donors (Lipinski definition) is 2. The normalized spacial score (nSPS) is 19.8. The minimum absolute atomic E-state index is 0.110. The number of likely N-dealkylation sites (tertiary alicyclic amines) is 1. The van der Waals surface area contributed by atoms with Gasteiger partial charge in [0.2, 0.25) is 0 Å². The van der Waals surface area contributed by atoms with Gasteiger partial charge in [-0.05, 0) is 43.5 Å². The fourth-order valence-electron chi connectivity index (χ4n) is 2.94. The zero-order valence-electron chi connectivity index (χ0n) is 12.5. The van der Waals surface area contributed by atoms with Gasteiger partial charge in [-0.3, -0.25) is 10.3 Å². The largest absolute Gasteiger partial charge is 0.496 e. The highest BCUT2D eigenvalue weighted by atomic mass is 16.5. The number of nitrogen functional groups attached to an aromatic ring is 1. The van der Waals surface area contributed by atoms with Crippen LogP contribution in [0.4, 0.5) is 0 Å². The standard InChI is InChI=1S/C16H25N3O/c1-3-12-5-4-8-19(10-12)11-14-9-13(16(17)18)6-7-15(14)20-2/h6-7,9,12H,3-5,8,10-11H2,1-2H3,(H3,17,18). The first-order valence-electron chi connectivity index (χ1n) is 7.37. The minimum atomic E-state index is 0.110. The maximum absolute atomic E-state index is 7.56. The monoisotopic (exact) mass is 275 g/mol. The lowest BCUT2D eigenvalue weighted by Gasteiger charge is -2.32. The van der Waals surface area contributed by atoms with Crippen LogP contribution < -0.4 is 10.5 Å². The van der Waals surface area contributed by atoms with Crippen molar-refractivity contribution in [3.05, 3.63) is 29.3 Å². The van der Waals surface area contributed by atoms with Gasteiger partial charge >= 0.3 is 0 Å². The highest BCUT2D eigenvalue weighted by Gasteiger charge is 2.19. The lowest BCUT2D eigenvalue weighted by atomic mass is 9.95. The average Bonchev–Trinajstić information content (AvgIpc) is 2.47. The molecule has 0 amide bonds. The van der Waals surface area contributed by atoms with Gasteiger partial charge in [0.25, 0.3) is 0 Å². The van der Waals surface area contributed by atoms with Crippen LogP contribution in [0, 0.1) is 11.3 Å². The molecule has 1 aromatic carbocycles. The van der Waals surface area contributed by atoms with Crippen LogP contribution in [-0.4, -0.2) is 30.9 Å². The van der Waals surface area contributed by atoms with Gasteiger partial charge in [-0.2, -0.15) is 0 Å². The summed E-state index contributed by atoms with van der Waals surface area (Å²) in [5.41, 5.74) is 7.47. The molecule has 1 atom stereocenters. The molecular weight excluding hydrogens is 250 g/mol. The zero-order chi connectivity index (χ0) is 14.5. The molecule has 1 fully saturated rings. The number of nitrogens with one attached hydrogen (secondary N) is 1. The van der Waals surface area contributed by atoms with Crippen LogP contribution in [0.1, 0.15) is 37.3 Å². The van der Waals surface area contributed by atoms with E-state index < -0.39 is 0 Å². The van der Waals surface area contributed by atoms with Gasteiger partial charge in [0.1, 0.15) is 11.6 Å². The van der Waals surface area contributed by atoms with E-state index in [9.17, 15) is 0 Å². The van der Waals surface area contributed by atoms with Crippen LogP contribution in [0.25, 0.3) is 0 Å². The summed E-state index contributed by atoms with van der Waals surface area (Å²) in [7, 11) is 1.69. The first-order valence-corrected chi connectivity index (χ1v) is 7.37. The number of rotatable bonds is 5. The smallest absolute Gasteiger partial charge is 0.123 e. The Hall–Kier alpha value is -1.55. The molecule has 2 rings (SSSR count). The van der Waals surface area contributed by atoms with E-state index in [0.717, 1.165) is 42.4 Å². The lowest BCUT2D eigenvalue weighted by molar-refractivity contribution is 0.163. The third kappa shape index (κ3) is 3.51. The maximum Gasteiger partial charge on any atom is 0.123 e. The fraction of sp³-hybridized carbons (Fsp3) is 0.562. The number of amidine groups is 1. The topological polar surface area (TPSA) is 62.3 Å². The minimum Gasteiger partial charge on any atom is -0.496 e. The maximum atomic E-state index is 7.56. The van der Waals surface area contributed by atoms with Gasteiger partial charge in [0.15, 0.2) is 0 Å². The summed E-state index contributed by atoms with van der Waals surface area (Å²) in [5, 5.41) is 7.56. The van der Waals surface area contributed by atoms with E-state index in [4.69, 9.17) is 15.9 Å². The van der Waals surface area contributed by atoms with E-state index in [1.807, 2.05) is 18.2 Å². The molecule has 3 N–H and O–H groups in total. The Bertz CT molecular complexity index is 473. The number of nitrogens with zero attached hydrogens (tertiary/aromatic N) is 1. The summed E-state index contributed by atoms with van der Waals surface area (Å²) in [6.07, 6.45) is 3.87. The molecule has 4 nitrogen and oxygen atoms in total. The molecule has 20 heavy (non-hydrogen) atoms. The number of nitrogens with two attached hydrogens (primary N) is 1. The van der Waals surface area contributed by atoms with E-state index in [1.54, 1.807) is 7.11 Å². The molecule has 1 aliphatic heterocycles. The van der Waals surface area contributed by atoms with Crippen molar-refractivity contribution in [2.24, 2.45) is 11.7 Å². The molecule has 110 valence electrons. The molecule has 1 saturated heterocycles. The Morgan fingerprint density at radius 3 is 2.95 bits per heavy atom. The van der Waals surface area contributed by atoms with Gasteiger partial charge in [0.05, 0.1) is 7.11 Å². The molecule has 0 radical (unpaired) electrons. The average molecular weight is 275 g/mol. The van der Waals surface area contributed by atoms with Gasteiger partial charge in [-0.1, -0.05) is 13.3 Å². The van der Waals surface area contributed by atoms with E-state index in [1.165, 1.54) is 19.3 Å². The van der Waals surface area contributed by atoms with Crippen LogP contribution in [0.15, 0.2) is 18.2 Å². The number of hydrogen-bond acceptors (Lipinski definition) is 3. The molecule has 0 bridgehead atoms. The molecule has 0 spiro atoms. The first kappa shape index (κ1) is 14.9. The summed E-state index contributed by atoms with van der Waals surface area (Å²) in [5.74, 6) is 1.80. The lowest BCUT2D eigenvalue weighted by Crippen LogP contribution is -2.34. The first-order chi connectivity index (χ1) is 9.63. The second kappa shape index (κ2) is 6.75. The highest BCUT2D eigenvalue weighted by molar-refractivity contribution is 5.95. The predicted molar refractivity (Wildman–Crippen MR) is 82.3 cm³/mol. The number of methoxy groups -OCH3 is 1. The predicted octanol–water partition coefficient (Wildman–Crippen LogP) is 2.60. The second-order valence-electron chi connectivity index (χ2n) is 5.59. The molecule has 1 aliphatic rings. The van der Waals surface area contributed by atoms with Crippen molar-refractivity contribution in [3.8, 4) is 5.75 Å². The van der Waals surface area contributed by atoms with Crippen LogP contribution >= 0.6 is 0 Å². The van der Waals surface area contributed by atoms with Crippen molar-refractivity contribution < 1.29 is 4.74 Å². The van der Waals surface area contributed by atoms with Crippen molar-refractivity contribution in [2.75, 3.05) is 20.2 Å². The Labute approximate surface area is 121 Å². The molecular formula is C16H25N3O. The van der Waals surface area contributed by atoms with Crippen LogP contribution in [0.5, 0.6) is 5.75 Å². The van der Waals surface area contributed by atoms with Gasteiger partial charge in [0, 0.05) is 24.2 Å². The molecule has 0 aliphatic carbocycles. The van der Waals surface area contributed by atoms with E-state index in [2.05, 4.69) is 11.8 Å². The molecule has 1 aromatic rings. The van der Waals surface area contributed by atoms with Crippen molar-refractivity contribution >= 4 is 5.84 Å². The summed E-state index contributed by atoms with van der Waals surface area (Å²) in [6.45, 7) is 5.44. The third-order valence-electron chi connectivity index (χ3n) is 4.17. The Morgan fingerprint density at radius 1 is 1.50 bits per heavy atom. The van der Waals surface area contributed by atoms with E-state index in [0.29, 0.717) is 0 Å². The summed E-state index contributed by atoms with van der Waals surface area (Å²) in [4.78, 5) is 2.49. The molecule has 4 heteroatoms. The molecule has 1 heterocycles. The summed E-state index contributed by atoms with van der Waals surface area (Å²) >= 11 is 0. The Morgan fingerprint density at radius 2 is 2.30 bits per heavy atom. The number of ether oxygens (including phenoxy) is 1. The molecule has 1 unspecified atom stereocenters. The molecule has 0 aromatic heterocycles. The molecule has 0 saturated carbocycles. The van der Waals surface area contributed by atoms with Crippen molar-refractivity contribution in [1.29, 1.82) is 5.41 Å². The summed E-state index contributed by atoms with van der Waals surface area (Å²) < 4.78 is 5.44. The van der Waals surface area contributed by atoms with Crippen molar-refractivity contribution in [1.82, 2.24) is 4.90 Å².